The third-order valence-electron chi connectivity index (χ3n) is 2.95. The second kappa shape index (κ2) is 5.09. The van der Waals surface area contributed by atoms with E-state index >= 15 is 0 Å². The van der Waals surface area contributed by atoms with E-state index in [-0.39, 0.29) is 5.82 Å². The number of methoxy groups -OCH3 is 1. The average molecular weight is 288 g/mol. The van der Waals surface area contributed by atoms with Crippen molar-refractivity contribution in [1.82, 2.24) is 4.98 Å². The predicted octanol–water partition coefficient (Wildman–Crippen LogP) is 4.50. The number of fused-ring (bicyclic) bond motifs is 1. The SMILES string of the molecule is COc1ccc(C)cc1Nc1nc2cc(F)ccc2s1. The van der Waals surface area contributed by atoms with E-state index in [0.717, 1.165) is 26.8 Å². The monoisotopic (exact) mass is 288 g/mol. The molecule has 0 saturated heterocycles. The maximum Gasteiger partial charge on any atom is 0.188 e. The molecule has 0 unspecified atom stereocenters. The van der Waals surface area contributed by atoms with Gasteiger partial charge in [-0.3, -0.25) is 0 Å². The first-order valence-electron chi connectivity index (χ1n) is 6.13. The number of nitrogens with zero attached hydrogens (tertiary/aromatic N) is 1. The van der Waals surface area contributed by atoms with Crippen LogP contribution in [0.15, 0.2) is 36.4 Å². The van der Waals surface area contributed by atoms with Crippen LogP contribution >= 0.6 is 11.3 Å². The van der Waals surface area contributed by atoms with Crippen LogP contribution in [0.1, 0.15) is 5.56 Å². The molecule has 1 heterocycles. The summed E-state index contributed by atoms with van der Waals surface area (Å²) < 4.78 is 19.4. The molecule has 0 saturated carbocycles. The lowest BCUT2D eigenvalue weighted by Gasteiger charge is -2.09. The zero-order valence-corrected chi connectivity index (χ0v) is 11.9. The van der Waals surface area contributed by atoms with E-state index in [4.69, 9.17) is 4.74 Å². The molecule has 0 radical (unpaired) electrons. The molecule has 1 aromatic heterocycles. The highest BCUT2D eigenvalue weighted by atomic mass is 32.1. The van der Waals surface area contributed by atoms with Gasteiger partial charge in [-0.15, -0.1) is 0 Å². The topological polar surface area (TPSA) is 34.1 Å². The van der Waals surface area contributed by atoms with Crippen LogP contribution in [0.3, 0.4) is 0 Å². The van der Waals surface area contributed by atoms with E-state index in [2.05, 4.69) is 10.3 Å². The summed E-state index contributed by atoms with van der Waals surface area (Å²) in [6, 6.07) is 10.5. The van der Waals surface area contributed by atoms with E-state index in [0.29, 0.717) is 5.52 Å². The molecule has 0 atom stereocenters. The predicted molar refractivity (Wildman–Crippen MR) is 80.6 cm³/mol. The molecule has 0 aliphatic rings. The fraction of sp³-hybridized carbons (Fsp3) is 0.133. The van der Waals surface area contributed by atoms with Gasteiger partial charge >= 0.3 is 0 Å². The average Bonchev–Trinajstić information content (AvgIpc) is 2.80. The molecule has 3 rings (SSSR count). The van der Waals surface area contributed by atoms with Crippen LogP contribution in [0, 0.1) is 12.7 Å². The summed E-state index contributed by atoms with van der Waals surface area (Å²) in [5.74, 6) is 0.475. The highest BCUT2D eigenvalue weighted by molar-refractivity contribution is 7.22. The minimum Gasteiger partial charge on any atom is -0.495 e. The van der Waals surface area contributed by atoms with Crippen LogP contribution < -0.4 is 10.1 Å². The van der Waals surface area contributed by atoms with E-state index in [1.807, 2.05) is 25.1 Å². The smallest absolute Gasteiger partial charge is 0.188 e. The van der Waals surface area contributed by atoms with E-state index in [9.17, 15) is 4.39 Å². The van der Waals surface area contributed by atoms with Crippen molar-refractivity contribution < 1.29 is 9.13 Å². The Morgan fingerprint density at radius 1 is 1.20 bits per heavy atom. The largest absolute Gasteiger partial charge is 0.495 e. The molecular formula is C15H13FN2OS. The Labute approximate surface area is 120 Å². The Hall–Kier alpha value is -2.14. The zero-order valence-electron chi connectivity index (χ0n) is 11.1. The van der Waals surface area contributed by atoms with Crippen molar-refractivity contribution in [2.45, 2.75) is 6.92 Å². The maximum absolute atomic E-state index is 13.2. The van der Waals surface area contributed by atoms with Gasteiger partial charge in [-0.25, -0.2) is 9.37 Å². The molecule has 0 amide bonds. The molecule has 5 heteroatoms. The lowest BCUT2D eigenvalue weighted by molar-refractivity contribution is 0.416. The third kappa shape index (κ3) is 2.44. The van der Waals surface area contributed by atoms with Crippen LogP contribution in [0.4, 0.5) is 15.2 Å². The fourth-order valence-corrected chi connectivity index (χ4v) is 2.85. The molecule has 3 nitrogen and oxygen atoms in total. The number of hydrogen-bond acceptors (Lipinski definition) is 4. The van der Waals surface area contributed by atoms with Crippen molar-refractivity contribution in [3.63, 3.8) is 0 Å². The fourth-order valence-electron chi connectivity index (χ4n) is 1.99. The summed E-state index contributed by atoms with van der Waals surface area (Å²) >= 11 is 1.48. The van der Waals surface area contributed by atoms with E-state index in [1.54, 1.807) is 13.2 Å². The summed E-state index contributed by atoms with van der Waals surface area (Å²) in [7, 11) is 1.63. The zero-order chi connectivity index (χ0) is 14.1. The summed E-state index contributed by atoms with van der Waals surface area (Å²) in [6.07, 6.45) is 0. The van der Waals surface area contributed by atoms with Gasteiger partial charge < -0.3 is 10.1 Å². The molecule has 1 N–H and O–H groups in total. The molecule has 0 bridgehead atoms. The van der Waals surface area contributed by atoms with Gasteiger partial charge in [0.25, 0.3) is 0 Å². The quantitative estimate of drug-likeness (QED) is 0.770. The maximum atomic E-state index is 13.2. The molecule has 0 aliphatic heterocycles. The number of benzene rings is 2. The normalized spacial score (nSPS) is 10.8. The van der Waals surface area contributed by atoms with Crippen LogP contribution in [0.25, 0.3) is 10.2 Å². The Bertz CT molecular complexity index is 770. The number of halogens is 1. The second-order valence-corrected chi connectivity index (χ2v) is 5.49. The third-order valence-corrected chi connectivity index (χ3v) is 3.90. The Morgan fingerprint density at radius 3 is 2.85 bits per heavy atom. The van der Waals surface area contributed by atoms with Gasteiger partial charge in [-0.2, -0.15) is 0 Å². The van der Waals surface area contributed by atoms with Gasteiger partial charge in [-0.05, 0) is 36.8 Å². The van der Waals surface area contributed by atoms with Crippen LogP contribution in [-0.2, 0) is 0 Å². The Kier molecular flexibility index (Phi) is 3.28. The number of nitrogens with one attached hydrogen (secondary N) is 1. The van der Waals surface area contributed by atoms with Crippen LogP contribution in [0.5, 0.6) is 5.75 Å². The van der Waals surface area contributed by atoms with Gasteiger partial charge in [0.1, 0.15) is 11.6 Å². The van der Waals surface area contributed by atoms with Crippen molar-refractivity contribution >= 4 is 32.4 Å². The number of aryl methyl sites for hydroxylation is 1. The van der Waals surface area contributed by atoms with Gasteiger partial charge in [0.05, 0.1) is 23.0 Å². The Balaban J connectivity index is 1.98. The second-order valence-electron chi connectivity index (χ2n) is 4.46. The van der Waals surface area contributed by atoms with Crippen LogP contribution in [0.2, 0.25) is 0 Å². The van der Waals surface area contributed by atoms with Crippen molar-refractivity contribution in [3.8, 4) is 5.75 Å². The summed E-state index contributed by atoms with van der Waals surface area (Å²) in [6.45, 7) is 2.01. The molecular weight excluding hydrogens is 275 g/mol. The number of thiazole rings is 1. The number of ether oxygens (including phenoxy) is 1. The molecule has 0 spiro atoms. The number of aromatic nitrogens is 1. The molecule has 0 aliphatic carbocycles. The van der Waals surface area contributed by atoms with E-state index < -0.39 is 0 Å². The summed E-state index contributed by atoms with van der Waals surface area (Å²) in [5, 5.41) is 3.95. The highest BCUT2D eigenvalue weighted by Gasteiger charge is 2.08. The minimum absolute atomic E-state index is 0.275. The van der Waals surface area contributed by atoms with Crippen molar-refractivity contribution in [1.29, 1.82) is 0 Å². The first-order valence-corrected chi connectivity index (χ1v) is 6.95. The van der Waals surface area contributed by atoms with Crippen LogP contribution in [-0.4, -0.2) is 12.1 Å². The summed E-state index contributed by atoms with van der Waals surface area (Å²) in [5.41, 5.74) is 2.64. The molecule has 3 aromatic rings. The number of anilines is 2. The lowest BCUT2D eigenvalue weighted by Crippen LogP contribution is -1.94. The van der Waals surface area contributed by atoms with Gasteiger partial charge in [-0.1, -0.05) is 17.4 Å². The Morgan fingerprint density at radius 2 is 2.05 bits per heavy atom. The lowest BCUT2D eigenvalue weighted by atomic mass is 10.2. The number of rotatable bonds is 3. The molecule has 20 heavy (non-hydrogen) atoms. The van der Waals surface area contributed by atoms with E-state index in [1.165, 1.54) is 23.5 Å². The minimum atomic E-state index is -0.275. The number of hydrogen-bond donors (Lipinski definition) is 1. The standard InChI is InChI=1S/C15H13FN2OS/c1-9-3-5-13(19-2)11(7-9)17-15-18-12-8-10(16)4-6-14(12)20-15/h3-8H,1-2H3,(H,17,18). The molecule has 2 aromatic carbocycles. The van der Waals surface area contributed by atoms with Gasteiger partial charge in [0.15, 0.2) is 5.13 Å². The van der Waals surface area contributed by atoms with Crippen molar-refractivity contribution in [2.24, 2.45) is 0 Å². The van der Waals surface area contributed by atoms with Gasteiger partial charge in [0, 0.05) is 6.07 Å². The molecule has 0 fully saturated rings. The molecule has 102 valence electrons. The van der Waals surface area contributed by atoms with Gasteiger partial charge in [0.2, 0.25) is 0 Å². The first kappa shape index (κ1) is 12.9. The summed E-state index contributed by atoms with van der Waals surface area (Å²) in [4.78, 5) is 4.39. The van der Waals surface area contributed by atoms with Crippen molar-refractivity contribution in [3.05, 3.63) is 47.8 Å². The first-order chi connectivity index (χ1) is 9.65. The van der Waals surface area contributed by atoms with Crippen molar-refractivity contribution in [2.75, 3.05) is 12.4 Å². The highest BCUT2D eigenvalue weighted by Crippen LogP contribution is 2.32.